The molecule has 6 aromatic carbocycles. The molecule has 5 nitrogen and oxygen atoms in total. The Kier molecular flexibility index (Phi) is 11.3. The second-order valence-corrected chi connectivity index (χ2v) is 22.8. The lowest BCUT2D eigenvalue weighted by molar-refractivity contribution is 0.475. The summed E-state index contributed by atoms with van der Waals surface area (Å²) in [4.78, 5) is 10.0. The number of benzene rings is 6. The van der Waals surface area contributed by atoms with Crippen LogP contribution in [0.5, 0.6) is 11.5 Å². The molecule has 0 fully saturated rings. The number of pyridine rings is 1. The Morgan fingerprint density at radius 3 is 1.72 bits per heavy atom. The number of rotatable bonds is 9. The maximum absolute atomic E-state index is 7.31. The summed E-state index contributed by atoms with van der Waals surface area (Å²) in [5.74, 6) is 2.46. The third kappa shape index (κ3) is 8.66. The van der Waals surface area contributed by atoms with Gasteiger partial charge in [-0.05, 0) is 92.7 Å². The van der Waals surface area contributed by atoms with Gasteiger partial charge in [-0.25, -0.2) is 4.98 Å². The summed E-state index contributed by atoms with van der Waals surface area (Å²) < 4.78 is 9.65. The molecule has 0 radical (unpaired) electrons. The number of anilines is 2. The molecule has 67 heavy (non-hydrogen) atoms. The van der Waals surface area contributed by atoms with Gasteiger partial charge in [-0.1, -0.05) is 181 Å². The largest absolute Gasteiger partial charge is 0.457 e. The van der Waals surface area contributed by atoms with Crippen LogP contribution in [0, 0.1) is 5.41 Å². The fourth-order valence-corrected chi connectivity index (χ4v) is 9.81. The monoisotopic (exact) mass is 885 g/mol. The number of nitrogens with zero attached hydrogens (tertiary/aromatic N) is 4. The summed E-state index contributed by atoms with van der Waals surface area (Å²) >= 11 is 0. The minimum atomic E-state index is -0.382. The Hall–Kier alpha value is -6.59. The lowest BCUT2D eigenvalue weighted by atomic mass is 9.76. The zero-order valence-corrected chi connectivity index (χ0v) is 42.0. The highest BCUT2D eigenvalue weighted by Gasteiger charge is 2.34. The van der Waals surface area contributed by atoms with E-state index >= 15 is 0 Å². The number of allylic oxidation sites excluding steroid dienone is 1. The van der Waals surface area contributed by atoms with Crippen LogP contribution in [0.2, 0.25) is 0 Å². The number of hydrogen-bond acceptors (Lipinski definition) is 4. The van der Waals surface area contributed by atoms with Crippen molar-refractivity contribution in [2.75, 3.05) is 16.5 Å². The molecule has 3 heterocycles. The second-order valence-electron chi connectivity index (χ2n) is 22.8. The molecule has 0 saturated carbocycles. The van der Waals surface area contributed by atoms with Gasteiger partial charge in [0.2, 0.25) is 0 Å². The van der Waals surface area contributed by atoms with E-state index in [0.717, 1.165) is 34.0 Å². The maximum atomic E-state index is 7.31. The highest BCUT2D eigenvalue weighted by molar-refractivity contribution is 6.11. The fraction of sp³-hybridized carbons (Fsp3) is 0.306. The number of hydrogen-bond donors (Lipinski definition) is 0. The predicted octanol–water partition coefficient (Wildman–Crippen LogP) is 16.4. The first-order chi connectivity index (χ1) is 31.6. The molecule has 1 aliphatic heterocycles. The maximum Gasteiger partial charge on any atom is 0.137 e. The topological polar surface area (TPSA) is 33.5 Å². The average Bonchev–Trinajstić information content (AvgIpc) is 3.90. The van der Waals surface area contributed by atoms with Crippen LogP contribution < -0.4 is 14.5 Å². The van der Waals surface area contributed by atoms with Gasteiger partial charge in [0.25, 0.3) is 0 Å². The van der Waals surface area contributed by atoms with Crippen molar-refractivity contribution >= 4 is 33.2 Å². The van der Waals surface area contributed by atoms with Crippen molar-refractivity contribution in [2.24, 2.45) is 5.41 Å². The van der Waals surface area contributed by atoms with Crippen LogP contribution in [-0.4, -0.2) is 16.2 Å². The fourth-order valence-electron chi connectivity index (χ4n) is 9.81. The normalized spacial score (nSPS) is 14.0. The van der Waals surface area contributed by atoms with Crippen molar-refractivity contribution < 1.29 is 4.74 Å². The van der Waals surface area contributed by atoms with E-state index in [1.54, 1.807) is 0 Å². The molecule has 8 aromatic rings. The highest BCUT2D eigenvalue weighted by atomic mass is 16.5. The third-order valence-corrected chi connectivity index (χ3v) is 14.1. The van der Waals surface area contributed by atoms with E-state index in [4.69, 9.17) is 9.72 Å². The van der Waals surface area contributed by atoms with Crippen molar-refractivity contribution in [1.82, 2.24) is 9.55 Å². The van der Waals surface area contributed by atoms with Crippen LogP contribution in [0.3, 0.4) is 0 Å². The summed E-state index contributed by atoms with van der Waals surface area (Å²) in [5.41, 5.74) is 12.3. The molecule has 0 amide bonds. The van der Waals surface area contributed by atoms with Gasteiger partial charge in [-0.2, -0.15) is 0 Å². The molecule has 0 aliphatic carbocycles. The molecule has 5 heteroatoms. The van der Waals surface area contributed by atoms with Crippen LogP contribution in [0.15, 0.2) is 170 Å². The van der Waals surface area contributed by atoms with E-state index in [-0.39, 0.29) is 27.1 Å². The zero-order chi connectivity index (χ0) is 47.7. The van der Waals surface area contributed by atoms with E-state index in [1.165, 1.54) is 55.5 Å². The van der Waals surface area contributed by atoms with Gasteiger partial charge < -0.3 is 14.5 Å². The molecule has 342 valence electrons. The van der Waals surface area contributed by atoms with Crippen LogP contribution in [-0.2, 0) is 21.7 Å². The summed E-state index contributed by atoms with van der Waals surface area (Å²) in [5, 5.41) is 2.38. The first kappa shape index (κ1) is 45.6. The van der Waals surface area contributed by atoms with Crippen molar-refractivity contribution in [3.05, 3.63) is 203 Å². The van der Waals surface area contributed by atoms with E-state index in [1.807, 2.05) is 6.20 Å². The minimum Gasteiger partial charge on any atom is -0.457 e. The van der Waals surface area contributed by atoms with Crippen molar-refractivity contribution in [3.8, 4) is 17.3 Å². The Labute approximate surface area is 399 Å². The van der Waals surface area contributed by atoms with Gasteiger partial charge in [-0.15, -0.1) is 0 Å². The zero-order valence-electron chi connectivity index (χ0n) is 42.0. The smallest absolute Gasteiger partial charge is 0.137 e. The lowest BCUT2D eigenvalue weighted by Crippen LogP contribution is -2.31. The van der Waals surface area contributed by atoms with Crippen LogP contribution in [0.1, 0.15) is 123 Å². The standard InChI is InChI=1S/C62H68N4O/c1-58(2,3)44-27-22-28-47(33-44)64-40-55(60(7,8)9)65(41-64)48-34-46(59(4,5)6)35-49(37-48)67-50-38-52(62(12,13)43-25-18-15-19-26-43)57-51-29-20-21-30-53(51)66(54(57)39-50)56-36-45(31-32-63-56)61(10,11)42-23-16-14-17-24-42/h14-40H,41H2,1-13H3. The molecule has 0 N–H and O–H groups in total. The average molecular weight is 885 g/mol. The summed E-state index contributed by atoms with van der Waals surface area (Å²) in [7, 11) is 0. The minimum absolute atomic E-state index is 0.0483. The molecule has 2 aromatic heterocycles. The molecule has 0 unspecified atom stereocenters. The van der Waals surface area contributed by atoms with Crippen molar-refractivity contribution in [1.29, 1.82) is 0 Å². The Bertz CT molecular complexity index is 3130. The molecule has 1 aliphatic rings. The Morgan fingerprint density at radius 2 is 1.06 bits per heavy atom. The van der Waals surface area contributed by atoms with Gasteiger partial charge in [0.05, 0.1) is 17.7 Å². The van der Waals surface area contributed by atoms with Gasteiger partial charge >= 0.3 is 0 Å². The third-order valence-electron chi connectivity index (χ3n) is 14.1. The second kappa shape index (κ2) is 16.6. The van der Waals surface area contributed by atoms with Gasteiger partial charge in [-0.3, -0.25) is 4.57 Å². The first-order valence-electron chi connectivity index (χ1n) is 24.0. The van der Waals surface area contributed by atoms with E-state index < -0.39 is 0 Å². The lowest BCUT2D eigenvalue weighted by Gasteiger charge is -2.32. The van der Waals surface area contributed by atoms with Crippen LogP contribution >= 0.6 is 0 Å². The highest BCUT2D eigenvalue weighted by Crippen LogP contribution is 2.47. The van der Waals surface area contributed by atoms with Gasteiger partial charge in [0.15, 0.2) is 0 Å². The van der Waals surface area contributed by atoms with Gasteiger partial charge in [0, 0.05) is 68.6 Å². The van der Waals surface area contributed by atoms with Crippen LogP contribution in [0.25, 0.3) is 27.6 Å². The van der Waals surface area contributed by atoms with Crippen LogP contribution in [0.4, 0.5) is 11.4 Å². The van der Waals surface area contributed by atoms with E-state index in [2.05, 4.69) is 262 Å². The SMILES string of the molecule is CC(C)(C)C1=CN(c2cccc(C(C)(C)C)c2)CN1c1cc(Oc2cc(C(C)(C)c3ccccc3)c3c4ccccc4n(-c4cc(C(C)(C)c5ccccc5)ccn4)c3c2)cc(C(C)(C)C)c1. The Balaban J connectivity index is 1.22. The molecule has 0 bridgehead atoms. The Morgan fingerprint density at radius 1 is 0.463 bits per heavy atom. The number of para-hydroxylation sites is 1. The summed E-state index contributed by atoms with van der Waals surface area (Å²) in [6, 6.07) is 55.2. The molecular formula is C62H68N4O. The number of ether oxygens (including phenoxy) is 1. The summed E-state index contributed by atoms with van der Waals surface area (Å²) in [6.45, 7) is 30.6. The van der Waals surface area contributed by atoms with E-state index in [0.29, 0.717) is 6.67 Å². The van der Waals surface area contributed by atoms with Crippen molar-refractivity contribution in [2.45, 2.75) is 112 Å². The molecule has 0 saturated heterocycles. The van der Waals surface area contributed by atoms with Crippen molar-refractivity contribution in [3.63, 3.8) is 0 Å². The van der Waals surface area contributed by atoms with E-state index in [9.17, 15) is 0 Å². The molecule has 9 rings (SSSR count). The molecule has 0 atom stereocenters. The molecular weight excluding hydrogens is 817 g/mol. The first-order valence-corrected chi connectivity index (χ1v) is 24.0. The molecule has 0 spiro atoms. The predicted molar refractivity (Wildman–Crippen MR) is 283 cm³/mol. The summed E-state index contributed by atoms with van der Waals surface area (Å²) in [6.07, 6.45) is 4.31. The number of aromatic nitrogens is 2. The quantitative estimate of drug-likeness (QED) is 0.145. The number of fused-ring (bicyclic) bond motifs is 3. The van der Waals surface area contributed by atoms with Gasteiger partial charge in [0.1, 0.15) is 17.3 Å².